The van der Waals surface area contributed by atoms with E-state index in [1.807, 2.05) is 30.3 Å². The van der Waals surface area contributed by atoms with Crippen LogP contribution < -0.4 is 10.6 Å². The summed E-state index contributed by atoms with van der Waals surface area (Å²) in [5.41, 5.74) is 0.898. The zero-order valence-corrected chi connectivity index (χ0v) is 26.8. The molecule has 5 atom stereocenters. The number of rotatable bonds is 23. The van der Waals surface area contributed by atoms with Gasteiger partial charge in [0.25, 0.3) is 0 Å². The van der Waals surface area contributed by atoms with Gasteiger partial charge in [-0.1, -0.05) is 95.0 Å². The third-order valence-corrected chi connectivity index (χ3v) is 8.15. The SMILES string of the molecule is CCCCCCCCCCC[C@@H](CC(=O)[C@@H]1C(=O)N[C@H](CO)[C@H](O)[C@H]1O)OC(=O)CCCCCNC(=O)OCc1ccccc1. The van der Waals surface area contributed by atoms with Gasteiger partial charge in [0.2, 0.25) is 5.91 Å². The molecule has 2 rings (SSSR count). The zero-order valence-electron chi connectivity index (χ0n) is 26.8. The molecule has 45 heavy (non-hydrogen) atoms. The minimum absolute atomic E-state index is 0.143. The van der Waals surface area contributed by atoms with E-state index in [-0.39, 0.29) is 19.4 Å². The van der Waals surface area contributed by atoms with Crippen LogP contribution in [0.1, 0.15) is 109 Å². The van der Waals surface area contributed by atoms with Crippen LogP contribution in [-0.2, 0) is 30.5 Å². The number of amides is 2. The lowest BCUT2D eigenvalue weighted by atomic mass is 9.83. The van der Waals surface area contributed by atoms with Crippen molar-refractivity contribution in [3.63, 3.8) is 0 Å². The second kappa shape index (κ2) is 22.5. The summed E-state index contributed by atoms with van der Waals surface area (Å²) < 4.78 is 10.9. The van der Waals surface area contributed by atoms with Crippen molar-refractivity contribution in [3.8, 4) is 0 Å². The molecule has 11 heteroatoms. The van der Waals surface area contributed by atoms with Gasteiger partial charge in [0.05, 0.1) is 12.6 Å². The maximum Gasteiger partial charge on any atom is 0.407 e. The number of ketones is 1. The van der Waals surface area contributed by atoms with Crippen LogP contribution in [0, 0.1) is 5.92 Å². The van der Waals surface area contributed by atoms with Crippen molar-refractivity contribution in [2.75, 3.05) is 13.2 Å². The van der Waals surface area contributed by atoms with E-state index in [2.05, 4.69) is 17.6 Å². The maximum atomic E-state index is 13.1. The van der Waals surface area contributed by atoms with Gasteiger partial charge >= 0.3 is 12.1 Å². The van der Waals surface area contributed by atoms with Crippen molar-refractivity contribution in [1.29, 1.82) is 0 Å². The van der Waals surface area contributed by atoms with Crippen LogP contribution >= 0.6 is 0 Å². The fraction of sp³-hybridized carbons (Fsp3) is 0.706. The third kappa shape index (κ3) is 15.2. The van der Waals surface area contributed by atoms with Crippen LogP contribution in [0.25, 0.3) is 0 Å². The first-order chi connectivity index (χ1) is 21.8. The van der Waals surface area contributed by atoms with E-state index in [9.17, 15) is 34.5 Å². The largest absolute Gasteiger partial charge is 0.462 e. The average molecular weight is 635 g/mol. The molecule has 1 fully saturated rings. The smallest absolute Gasteiger partial charge is 0.407 e. The highest BCUT2D eigenvalue weighted by atomic mass is 16.5. The number of unbranched alkanes of at least 4 members (excludes halogenated alkanes) is 10. The molecule has 2 amide bonds. The van der Waals surface area contributed by atoms with Crippen molar-refractivity contribution in [2.24, 2.45) is 5.92 Å². The number of esters is 1. The van der Waals surface area contributed by atoms with Gasteiger partial charge in [-0.05, 0) is 31.2 Å². The van der Waals surface area contributed by atoms with E-state index >= 15 is 0 Å². The molecule has 0 radical (unpaired) electrons. The molecule has 0 aromatic heterocycles. The Labute approximate surface area is 267 Å². The number of carbonyl (C=O) groups excluding carboxylic acids is 4. The van der Waals surface area contributed by atoms with Gasteiger partial charge in [-0.3, -0.25) is 14.4 Å². The molecule has 1 heterocycles. The summed E-state index contributed by atoms with van der Waals surface area (Å²) in [6, 6.07) is 8.32. The lowest BCUT2D eigenvalue weighted by molar-refractivity contribution is -0.156. The minimum Gasteiger partial charge on any atom is -0.462 e. The van der Waals surface area contributed by atoms with Crippen molar-refractivity contribution in [2.45, 2.75) is 134 Å². The van der Waals surface area contributed by atoms with Crippen molar-refractivity contribution >= 4 is 23.8 Å². The number of aliphatic hydroxyl groups is 3. The highest BCUT2D eigenvalue weighted by molar-refractivity contribution is 6.03. The maximum absolute atomic E-state index is 13.1. The predicted molar refractivity (Wildman–Crippen MR) is 169 cm³/mol. The van der Waals surface area contributed by atoms with Crippen LogP contribution in [0.5, 0.6) is 0 Å². The second-order valence-electron chi connectivity index (χ2n) is 12.0. The number of nitrogens with one attached hydrogen (secondary N) is 2. The Morgan fingerprint density at radius 1 is 0.889 bits per heavy atom. The molecule has 11 nitrogen and oxygen atoms in total. The number of benzene rings is 1. The van der Waals surface area contributed by atoms with Crippen LogP contribution in [0.4, 0.5) is 4.79 Å². The molecular weight excluding hydrogens is 580 g/mol. The van der Waals surface area contributed by atoms with Gasteiger partial charge in [0.15, 0.2) is 5.78 Å². The van der Waals surface area contributed by atoms with E-state index in [4.69, 9.17) is 9.47 Å². The van der Waals surface area contributed by atoms with Gasteiger partial charge < -0.3 is 35.4 Å². The number of aliphatic hydroxyl groups excluding tert-OH is 3. The van der Waals surface area contributed by atoms with Crippen LogP contribution in [0.3, 0.4) is 0 Å². The first-order valence-electron chi connectivity index (χ1n) is 16.7. The molecule has 254 valence electrons. The number of hydrogen-bond donors (Lipinski definition) is 5. The van der Waals surface area contributed by atoms with Crippen LogP contribution in [0.15, 0.2) is 30.3 Å². The molecule has 0 unspecified atom stereocenters. The van der Waals surface area contributed by atoms with Gasteiger partial charge in [-0.15, -0.1) is 0 Å². The van der Waals surface area contributed by atoms with E-state index in [1.165, 1.54) is 32.1 Å². The van der Waals surface area contributed by atoms with Crippen molar-refractivity contribution in [1.82, 2.24) is 10.6 Å². The average Bonchev–Trinajstić information content (AvgIpc) is 3.03. The van der Waals surface area contributed by atoms with Crippen molar-refractivity contribution in [3.05, 3.63) is 35.9 Å². The van der Waals surface area contributed by atoms with E-state index in [1.54, 1.807) is 0 Å². The van der Waals surface area contributed by atoms with Crippen LogP contribution in [-0.4, -0.2) is 76.6 Å². The highest BCUT2D eigenvalue weighted by Gasteiger charge is 2.46. The number of alkyl carbamates (subject to hydrolysis) is 1. The molecule has 1 aliphatic rings. The fourth-order valence-corrected chi connectivity index (χ4v) is 5.46. The minimum atomic E-state index is -1.66. The van der Waals surface area contributed by atoms with Gasteiger partial charge in [0, 0.05) is 19.4 Å². The van der Waals surface area contributed by atoms with E-state index in [0.29, 0.717) is 32.2 Å². The third-order valence-electron chi connectivity index (χ3n) is 8.15. The number of ether oxygens (including phenoxy) is 2. The zero-order chi connectivity index (χ0) is 32.9. The molecule has 1 aromatic carbocycles. The number of carbonyl (C=O) groups is 4. The summed E-state index contributed by atoms with van der Waals surface area (Å²) in [6.45, 7) is 2.22. The lowest BCUT2D eigenvalue weighted by Gasteiger charge is -2.36. The Morgan fingerprint density at radius 2 is 1.53 bits per heavy atom. The Morgan fingerprint density at radius 3 is 2.20 bits per heavy atom. The number of Topliss-reactive ketones (excluding diaryl/α,β-unsaturated/α-hetero) is 1. The molecule has 1 aromatic rings. The second-order valence-corrected chi connectivity index (χ2v) is 12.0. The molecule has 0 saturated carbocycles. The van der Waals surface area contributed by atoms with E-state index < -0.39 is 60.6 Å². The topological polar surface area (TPSA) is 171 Å². The predicted octanol–water partition coefficient (Wildman–Crippen LogP) is 4.09. The molecule has 0 spiro atoms. The Bertz CT molecular complexity index is 1010. The molecule has 1 saturated heterocycles. The standard InChI is InChI=1S/C34H54N2O9/c1-2-3-4-5-6-7-8-9-14-19-26(22-28(38)30-32(41)31(40)27(23-37)36-33(30)42)45-29(39)20-15-11-16-21-35-34(43)44-24-25-17-12-10-13-18-25/h10,12-13,17-18,26-27,30-32,37,40-41H,2-9,11,14-16,19-24H2,1H3,(H,35,43)(H,36,42)/t26-,27+,30-,31-,32-/m0/s1. The normalized spacial score (nSPS) is 20.2. The summed E-state index contributed by atoms with van der Waals surface area (Å²) in [6.07, 6.45) is 7.82. The fourth-order valence-electron chi connectivity index (χ4n) is 5.46. The first kappa shape index (κ1) is 38.2. The van der Waals surface area contributed by atoms with Gasteiger partial charge in [-0.25, -0.2) is 4.79 Å². The molecule has 0 aliphatic carbocycles. The summed E-state index contributed by atoms with van der Waals surface area (Å²) in [5, 5.41) is 35.1. The van der Waals surface area contributed by atoms with Crippen LogP contribution in [0.2, 0.25) is 0 Å². The molecule has 1 aliphatic heterocycles. The number of piperidine rings is 1. The quantitative estimate of drug-likeness (QED) is 0.0675. The molecule has 5 N–H and O–H groups in total. The monoisotopic (exact) mass is 634 g/mol. The summed E-state index contributed by atoms with van der Waals surface area (Å²) in [7, 11) is 0. The van der Waals surface area contributed by atoms with Crippen molar-refractivity contribution < 1.29 is 44.0 Å². The summed E-state index contributed by atoms with van der Waals surface area (Å²) >= 11 is 0. The first-order valence-corrected chi connectivity index (χ1v) is 16.7. The Kier molecular flexibility index (Phi) is 19.1. The highest BCUT2D eigenvalue weighted by Crippen LogP contribution is 2.23. The Balaban J connectivity index is 1.76. The summed E-state index contributed by atoms with van der Waals surface area (Å²) in [4.78, 5) is 50.1. The molecule has 0 bridgehead atoms. The van der Waals surface area contributed by atoms with Gasteiger partial charge in [0.1, 0.15) is 30.8 Å². The van der Waals surface area contributed by atoms with Gasteiger partial charge in [-0.2, -0.15) is 0 Å². The Hall–Kier alpha value is -3.02. The lowest BCUT2D eigenvalue weighted by Crippen LogP contribution is -2.63. The molecular formula is C34H54N2O9. The summed E-state index contributed by atoms with van der Waals surface area (Å²) in [5.74, 6) is -3.33. The van der Waals surface area contributed by atoms with E-state index in [0.717, 1.165) is 31.2 Å². The number of hydrogen-bond acceptors (Lipinski definition) is 9.